The number of furan rings is 1. The minimum atomic E-state index is 0. The molecule has 0 unspecified atom stereocenters. The van der Waals surface area contributed by atoms with E-state index >= 15 is 0 Å². The van der Waals surface area contributed by atoms with E-state index in [-0.39, 0.29) is 18.3 Å². The molecule has 2 N–H and O–H groups in total. The lowest BCUT2D eigenvalue weighted by molar-refractivity contribution is 0.0788. The summed E-state index contributed by atoms with van der Waals surface area (Å²) >= 11 is 0. The Morgan fingerprint density at radius 1 is 1.62 bits per heavy atom. The zero-order valence-corrected chi connectivity index (χ0v) is 10.1. The Morgan fingerprint density at radius 2 is 2.31 bits per heavy atom. The first-order chi connectivity index (χ1) is 7.20. The van der Waals surface area contributed by atoms with Crippen LogP contribution in [-0.4, -0.2) is 24.4 Å². The van der Waals surface area contributed by atoms with Gasteiger partial charge in [-0.1, -0.05) is 0 Å². The van der Waals surface area contributed by atoms with Gasteiger partial charge in [-0.2, -0.15) is 0 Å². The van der Waals surface area contributed by atoms with Crippen LogP contribution in [0.5, 0.6) is 0 Å². The molecular formula is C11H17ClN2O2. The molecule has 1 aromatic rings. The number of hydrogen-bond donors (Lipinski definition) is 1. The first kappa shape index (κ1) is 13.1. The number of nitrogens with two attached hydrogens (primary N) is 1. The van der Waals surface area contributed by atoms with Crippen molar-refractivity contribution in [3.63, 3.8) is 0 Å². The lowest BCUT2D eigenvalue weighted by Crippen LogP contribution is -2.28. The molecule has 1 fully saturated rings. The van der Waals surface area contributed by atoms with Crippen LogP contribution in [0.3, 0.4) is 0 Å². The van der Waals surface area contributed by atoms with Crippen molar-refractivity contribution in [2.24, 2.45) is 11.7 Å². The SMILES string of the molecule is CN(CC1CC1)C(=O)c1coc(CN)c1.Cl. The fourth-order valence-corrected chi connectivity index (χ4v) is 1.59. The number of amides is 1. The van der Waals surface area contributed by atoms with Crippen LogP contribution in [0.2, 0.25) is 0 Å². The summed E-state index contributed by atoms with van der Waals surface area (Å²) in [6.07, 6.45) is 3.97. The van der Waals surface area contributed by atoms with Crippen LogP contribution in [0.1, 0.15) is 29.0 Å². The van der Waals surface area contributed by atoms with Crippen molar-refractivity contribution in [1.29, 1.82) is 0 Å². The van der Waals surface area contributed by atoms with Gasteiger partial charge in [-0.25, -0.2) is 0 Å². The molecular weight excluding hydrogens is 228 g/mol. The third-order valence-electron chi connectivity index (χ3n) is 2.68. The quantitative estimate of drug-likeness (QED) is 0.876. The maximum absolute atomic E-state index is 11.9. The van der Waals surface area contributed by atoms with Crippen LogP contribution in [0.4, 0.5) is 0 Å². The van der Waals surface area contributed by atoms with Gasteiger partial charge in [-0.3, -0.25) is 4.79 Å². The molecule has 0 aromatic carbocycles. The van der Waals surface area contributed by atoms with E-state index in [4.69, 9.17) is 10.2 Å². The highest BCUT2D eigenvalue weighted by molar-refractivity contribution is 5.93. The van der Waals surface area contributed by atoms with Gasteiger partial charge in [0.1, 0.15) is 12.0 Å². The highest BCUT2D eigenvalue weighted by Crippen LogP contribution is 2.29. The van der Waals surface area contributed by atoms with Crippen molar-refractivity contribution in [3.8, 4) is 0 Å². The van der Waals surface area contributed by atoms with Crippen molar-refractivity contribution in [2.75, 3.05) is 13.6 Å². The monoisotopic (exact) mass is 244 g/mol. The van der Waals surface area contributed by atoms with Crippen LogP contribution >= 0.6 is 12.4 Å². The van der Waals surface area contributed by atoms with E-state index in [2.05, 4.69) is 0 Å². The average Bonchev–Trinajstić information content (AvgIpc) is 2.92. The predicted octanol–water partition coefficient (Wildman–Crippen LogP) is 1.64. The highest BCUT2D eigenvalue weighted by Gasteiger charge is 2.25. The molecule has 1 heterocycles. The summed E-state index contributed by atoms with van der Waals surface area (Å²) in [7, 11) is 1.83. The Balaban J connectivity index is 0.00000128. The lowest BCUT2D eigenvalue weighted by Gasteiger charge is -2.15. The molecule has 1 aliphatic rings. The van der Waals surface area contributed by atoms with Crippen LogP contribution in [0.25, 0.3) is 0 Å². The molecule has 5 heteroatoms. The van der Waals surface area contributed by atoms with E-state index in [1.54, 1.807) is 11.0 Å². The summed E-state index contributed by atoms with van der Waals surface area (Å²) < 4.78 is 5.13. The van der Waals surface area contributed by atoms with Crippen molar-refractivity contribution >= 4 is 18.3 Å². The topological polar surface area (TPSA) is 59.5 Å². The van der Waals surface area contributed by atoms with Crippen molar-refractivity contribution < 1.29 is 9.21 Å². The van der Waals surface area contributed by atoms with Gasteiger partial charge < -0.3 is 15.1 Å². The Labute approximate surface area is 101 Å². The van der Waals surface area contributed by atoms with Gasteiger partial charge in [0.25, 0.3) is 5.91 Å². The maximum atomic E-state index is 11.9. The van der Waals surface area contributed by atoms with E-state index in [1.807, 2.05) is 7.05 Å². The molecule has 0 bridgehead atoms. The second kappa shape index (κ2) is 5.37. The second-order valence-corrected chi connectivity index (χ2v) is 4.13. The zero-order chi connectivity index (χ0) is 10.8. The fourth-order valence-electron chi connectivity index (χ4n) is 1.59. The van der Waals surface area contributed by atoms with E-state index in [0.717, 1.165) is 6.54 Å². The van der Waals surface area contributed by atoms with Gasteiger partial charge in [0, 0.05) is 13.6 Å². The zero-order valence-electron chi connectivity index (χ0n) is 9.31. The Bertz CT molecular complexity index is 361. The summed E-state index contributed by atoms with van der Waals surface area (Å²) in [5, 5.41) is 0. The molecule has 16 heavy (non-hydrogen) atoms. The van der Waals surface area contributed by atoms with Crippen LogP contribution in [0, 0.1) is 5.92 Å². The summed E-state index contributed by atoms with van der Waals surface area (Å²) in [5.41, 5.74) is 6.01. The van der Waals surface area contributed by atoms with Gasteiger partial charge in [-0.15, -0.1) is 12.4 Å². The van der Waals surface area contributed by atoms with Gasteiger partial charge in [0.05, 0.1) is 12.1 Å². The van der Waals surface area contributed by atoms with Gasteiger partial charge in [-0.05, 0) is 24.8 Å². The lowest BCUT2D eigenvalue weighted by atomic mass is 10.2. The van der Waals surface area contributed by atoms with E-state index < -0.39 is 0 Å². The molecule has 0 aliphatic heterocycles. The first-order valence-corrected chi connectivity index (χ1v) is 5.23. The highest BCUT2D eigenvalue weighted by atomic mass is 35.5. The number of hydrogen-bond acceptors (Lipinski definition) is 3. The molecule has 0 radical (unpaired) electrons. The molecule has 1 amide bonds. The second-order valence-electron chi connectivity index (χ2n) is 4.13. The van der Waals surface area contributed by atoms with Crippen molar-refractivity contribution in [2.45, 2.75) is 19.4 Å². The smallest absolute Gasteiger partial charge is 0.256 e. The summed E-state index contributed by atoms with van der Waals surface area (Å²) in [5.74, 6) is 1.38. The maximum Gasteiger partial charge on any atom is 0.256 e. The third-order valence-corrected chi connectivity index (χ3v) is 2.68. The number of nitrogens with zero attached hydrogens (tertiary/aromatic N) is 1. The summed E-state index contributed by atoms with van der Waals surface area (Å²) in [6, 6.07) is 1.71. The Kier molecular flexibility index (Phi) is 4.38. The number of carbonyl (C=O) groups is 1. The van der Waals surface area contributed by atoms with Gasteiger partial charge in [0.15, 0.2) is 0 Å². The van der Waals surface area contributed by atoms with E-state index in [9.17, 15) is 4.79 Å². The summed E-state index contributed by atoms with van der Waals surface area (Å²) in [4.78, 5) is 13.6. The number of rotatable bonds is 4. The molecule has 90 valence electrons. The van der Waals surface area contributed by atoms with E-state index in [1.165, 1.54) is 19.1 Å². The predicted molar refractivity (Wildman–Crippen MR) is 63.5 cm³/mol. The molecule has 4 nitrogen and oxygen atoms in total. The third kappa shape index (κ3) is 3.00. The summed E-state index contributed by atoms with van der Waals surface area (Å²) in [6.45, 7) is 1.18. The first-order valence-electron chi connectivity index (χ1n) is 5.23. The van der Waals surface area contributed by atoms with Gasteiger partial charge in [0.2, 0.25) is 0 Å². The molecule has 1 aromatic heterocycles. The van der Waals surface area contributed by atoms with Crippen LogP contribution < -0.4 is 5.73 Å². The molecule has 0 atom stereocenters. The molecule has 1 aliphatic carbocycles. The largest absolute Gasteiger partial charge is 0.467 e. The molecule has 0 spiro atoms. The van der Waals surface area contributed by atoms with Crippen molar-refractivity contribution in [3.05, 3.63) is 23.7 Å². The van der Waals surface area contributed by atoms with E-state index in [0.29, 0.717) is 23.8 Å². The average molecular weight is 245 g/mol. The van der Waals surface area contributed by atoms with Crippen LogP contribution in [0.15, 0.2) is 16.7 Å². The normalized spacial score (nSPS) is 14.4. The molecule has 1 saturated carbocycles. The van der Waals surface area contributed by atoms with Crippen molar-refractivity contribution in [1.82, 2.24) is 4.90 Å². The Hall–Kier alpha value is -1.00. The standard InChI is InChI=1S/C11H16N2O2.ClH/c1-13(6-8-2-3-8)11(14)9-4-10(5-12)15-7-9;/h4,7-8H,2-3,5-6,12H2,1H3;1H. The minimum Gasteiger partial charge on any atom is -0.467 e. The molecule has 0 saturated heterocycles. The minimum absolute atomic E-state index is 0. The number of carbonyl (C=O) groups excluding carboxylic acids is 1. The fraction of sp³-hybridized carbons (Fsp3) is 0.545. The molecule has 2 rings (SSSR count). The van der Waals surface area contributed by atoms with Crippen LogP contribution in [-0.2, 0) is 6.54 Å². The Morgan fingerprint density at radius 3 is 2.81 bits per heavy atom. The number of halogens is 1. The van der Waals surface area contributed by atoms with Gasteiger partial charge >= 0.3 is 0 Å².